The summed E-state index contributed by atoms with van der Waals surface area (Å²) in [4.78, 5) is 7.45. The van der Waals surface area contributed by atoms with Crippen LogP contribution < -0.4 is 5.73 Å². The molecule has 3 nitrogen and oxygen atoms in total. The fourth-order valence-corrected chi connectivity index (χ4v) is 1.67. The first-order valence-electron chi connectivity index (χ1n) is 3.69. The average molecular weight is 213 g/mol. The van der Waals surface area contributed by atoms with Crippen LogP contribution in [-0.4, -0.2) is 9.97 Å². The maximum atomic E-state index is 13.2. The van der Waals surface area contributed by atoms with Gasteiger partial charge in [-0.05, 0) is 0 Å². The van der Waals surface area contributed by atoms with E-state index in [0.717, 1.165) is 23.6 Å². The number of anilines is 1. The number of nitrogens with two attached hydrogens (primary N) is 1. The van der Waals surface area contributed by atoms with E-state index in [4.69, 9.17) is 5.73 Å². The zero-order valence-electron chi connectivity index (χ0n) is 6.87. The van der Waals surface area contributed by atoms with Gasteiger partial charge in [0, 0.05) is 11.4 Å². The molecule has 0 atom stereocenters. The highest BCUT2D eigenvalue weighted by atomic mass is 32.1. The first-order chi connectivity index (χ1) is 6.66. The molecule has 0 bridgehead atoms. The molecule has 2 heterocycles. The van der Waals surface area contributed by atoms with E-state index in [2.05, 4.69) is 9.97 Å². The predicted molar refractivity (Wildman–Crippen MR) is 49.7 cm³/mol. The highest BCUT2D eigenvalue weighted by molar-refractivity contribution is 7.13. The molecule has 0 spiro atoms. The van der Waals surface area contributed by atoms with Crippen LogP contribution in [0.1, 0.15) is 0 Å². The third-order valence-electron chi connectivity index (χ3n) is 1.53. The Labute approximate surface area is 82.2 Å². The molecular formula is C8H5F2N3S. The highest BCUT2D eigenvalue weighted by Crippen LogP contribution is 2.25. The van der Waals surface area contributed by atoms with Crippen molar-refractivity contribution in [2.75, 3.05) is 5.73 Å². The van der Waals surface area contributed by atoms with E-state index >= 15 is 0 Å². The van der Waals surface area contributed by atoms with E-state index in [-0.39, 0.29) is 5.69 Å². The van der Waals surface area contributed by atoms with Crippen molar-refractivity contribution in [3.63, 3.8) is 0 Å². The van der Waals surface area contributed by atoms with Crippen molar-refractivity contribution >= 4 is 17.2 Å². The van der Waals surface area contributed by atoms with Gasteiger partial charge in [0.05, 0.1) is 6.20 Å². The number of aromatic nitrogens is 2. The van der Waals surface area contributed by atoms with Crippen molar-refractivity contribution in [3.05, 3.63) is 29.3 Å². The molecule has 0 aliphatic rings. The van der Waals surface area contributed by atoms with Crippen molar-refractivity contribution in [3.8, 4) is 10.7 Å². The van der Waals surface area contributed by atoms with Crippen molar-refractivity contribution in [1.82, 2.24) is 9.97 Å². The summed E-state index contributed by atoms with van der Waals surface area (Å²) in [5.41, 5.74) is 5.39. The summed E-state index contributed by atoms with van der Waals surface area (Å²) in [7, 11) is 0. The lowest BCUT2D eigenvalue weighted by molar-refractivity contribution is 0.576. The number of halogens is 2. The standard InChI is InChI=1S/C8H5F2N3S/c9-4-1-5(10)7(12-2-4)8-13-6(11)3-14-8/h1-3H,11H2. The largest absolute Gasteiger partial charge is 0.383 e. The van der Waals surface area contributed by atoms with Gasteiger partial charge in [-0.1, -0.05) is 0 Å². The SMILES string of the molecule is Nc1csc(-c2ncc(F)cc2F)n1. The fourth-order valence-electron chi connectivity index (χ4n) is 0.967. The van der Waals surface area contributed by atoms with Crippen LogP contribution in [0.3, 0.4) is 0 Å². The van der Waals surface area contributed by atoms with Gasteiger partial charge in [0.25, 0.3) is 0 Å². The highest BCUT2D eigenvalue weighted by Gasteiger charge is 2.11. The van der Waals surface area contributed by atoms with Crippen LogP contribution in [0.5, 0.6) is 0 Å². The molecule has 2 aromatic rings. The molecule has 0 fully saturated rings. The number of nitrogens with zero attached hydrogens (tertiary/aromatic N) is 2. The minimum absolute atomic E-state index is 0.0214. The van der Waals surface area contributed by atoms with Gasteiger partial charge in [0.2, 0.25) is 0 Å². The van der Waals surface area contributed by atoms with Gasteiger partial charge in [0.1, 0.15) is 22.3 Å². The summed E-state index contributed by atoms with van der Waals surface area (Å²) in [6, 6.07) is 0.764. The number of pyridine rings is 1. The monoisotopic (exact) mass is 213 g/mol. The van der Waals surface area contributed by atoms with Gasteiger partial charge in [-0.15, -0.1) is 11.3 Å². The third kappa shape index (κ3) is 1.56. The molecule has 0 radical (unpaired) electrons. The Morgan fingerprint density at radius 3 is 2.71 bits per heavy atom. The van der Waals surface area contributed by atoms with E-state index in [1.54, 1.807) is 5.38 Å². The van der Waals surface area contributed by atoms with E-state index in [0.29, 0.717) is 10.8 Å². The average Bonchev–Trinajstić information content (AvgIpc) is 2.51. The van der Waals surface area contributed by atoms with E-state index in [9.17, 15) is 8.78 Å². The molecule has 0 saturated heterocycles. The Bertz CT molecular complexity index is 469. The lowest BCUT2D eigenvalue weighted by atomic mass is 10.3. The quantitative estimate of drug-likeness (QED) is 0.788. The van der Waals surface area contributed by atoms with Crippen LogP contribution in [-0.2, 0) is 0 Å². The number of nitrogen functional groups attached to an aromatic ring is 1. The van der Waals surface area contributed by atoms with Gasteiger partial charge in [-0.2, -0.15) is 0 Å². The van der Waals surface area contributed by atoms with Crippen molar-refractivity contribution in [2.45, 2.75) is 0 Å². The molecule has 0 aromatic carbocycles. The topological polar surface area (TPSA) is 51.8 Å². The summed E-state index contributed by atoms with van der Waals surface area (Å²) in [5, 5.41) is 1.92. The normalized spacial score (nSPS) is 10.4. The van der Waals surface area contributed by atoms with Gasteiger partial charge < -0.3 is 5.73 Å². The van der Waals surface area contributed by atoms with Crippen molar-refractivity contribution in [2.24, 2.45) is 0 Å². The summed E-state index contributed by atoms with van der Waals surface area (Å²) in [5.74, 6) is -1.15. The summed E-state index contributed by atoms with van der Waals surface area (Å²) >= 11 is 1.16. The van der Waals surface area contributed by atoms with Crippen LogP contribution in [0.2, 0.25) is 0 Å². The van der Waals surface area contributed by atoms with Crippen LogP contribution in [0, 0.1) is 11.6 Å². The second-order valence-corrected chi connectivity index (χ2v) is 3.42. The summed E-state index contributed by atoms with van der Waals surface area (Å²) in [6.45, 7) is 0. The maximum absolute atomic E-state index is 13.2. The van der Waals surface area contributed by atoms with E-state index in [1.807, 2.05) is 0 Å². The van der Waals surface area contributed by atoms with Gasteiger partial charge in [-0.3, -0.25) is 0 Å². The molecule has 0 aliphatic heterocycles. The van der Waals surface area contributed by atoms with Gasteiger partial charge in [-0.25, -0.2) is 18.7 Å². The Hall–Kier alpha value is -1.56. The molecule has 6 heteroatoms. The molecule has 0 aliphatic carbocycles. The molecule has 2 aromatic heterocycles. The molecule has 0 saturated carbocycles. The molecule has 2 N–H and O–H groups in total. The second kappa shape index (κ2) is 3.30. The van der Waals surface area contributed by atoms with E-state index in [1.165, 1.54) is 0 Å². The van der Waals surface area contributed by atoms with Crippen molar-refractivity contribution < 1.29 is 8.78 Å². The Kier molecular flexibility index (Phi) is 2.12. The van der Waals surface area contributed by atoms with E-state index < -0.39 is 11.6 Å². The summed E-state index contributed by atoms with van der Waals surface area (Å²) < 4.78 is 25.7. The zero-order chi connectivity index (χ0) is 10.1. The number of rotatable bonds is 1. The Morgan fingerprint density at radius 1 is 1.36 bits per heavy atom. The molecular weight excluding hydrogens is 208 g/mol. The third-order valence-corrected chi connectivity index (χ3v) is 2.40. The van der Waals surface area contributed by atoms with Crippen LogP contribution >= 0.6 is 11.3 Å². The lowest BCUT2D eigenvalue weighted by Gasteiger charge is -1.96. The second-order valence-electron chi connectivity index (χ2n) is 2.56. The van der Waals surface area contributed by atoms with Crippen LogP contribution in [0.15, 0.2) is 17.6 Å². The number of hydrogen-bond donors (Lipinski definition) is 1. The predicted octanol–water partition coefficient (Wildman–Crippen LogP) is 2.07. The Balaban J connectivity index is 2.52. The maximum Gasteiger partial charge on any atom is 0.154 e. The minimum atomic E-state index is -0.737. The van der Waals surface area contributed by atoms with Crippen LogP contribution in [0.25, 0.3) is 10.7 Å². The smallest absolute Gasteiger partial charge is 0.154 e. The molecule has 0 unspecified atom stereocenters. The zero-order valence-corrected chi connectivity index (χ0v) is 7.68. The summed E-state index contributed by atoms with van der Waals surface area (Å²) in [6.07, 6.45) is 0.940. The number of hydrogen-bond acceptors (Lipinski definition) is 4. The fraction of sp³-hybridized carbons (Fsp3) is 0. The molecule has 2 rings (SSSR count). The molecule has 72 valence electrons. The molecule has 0 amide bonds. The first-order valence-corrected chi connectivity index (χ1v) is 4.57. The van der Waals surface area contributed by atoms with Gasteiger partial charge in [0.15, 0.2) is 5.82 Å². The number of thiazole rings is 1. The molecule has 14 heavy (non-hydrogen) atoms. The minimum Gasteiger partial charge on any atom is -0.383 e. The lowest BCUT2D eigenvalue weighted by Crippen LogP contribution is -1.91. The Morgan fingerprint density at radius 2 is 2.14 bits per heavy atom. The van der Waals surface area contributed by atoms with Crippen LogP contribution in [0.4, 0.5) is 14.6 Å². The van der Waals surface area contributed by atoms with Crippen molar-refractivity contribution in [1.29, 1.82) is 0 Å². The first kappa shape index (κ1) is 9.01. The van der Waals surface area contributed by atoms with Gasteiger partial charge >= 0.3 is 0 Å².